The van der Waals surface area contributed by atoms with Crippen molar-refractivity contribution in [3.05, 3.63) is 36.0 Å². The van der Waals surface area contributed by atoms with Crippen molar-refractivity contribution in [3.63, 3.8) is 0 Å². The zero-order valence-electron chi connectivity index (χ0n) is 10.3. The molecule has 0 atom stereocenters. The number of hydrogen-bond acceptors (Lipinski definition) is 7. The monoisotopic (exact) mass is 296 g/mol. The predicted octanol–water partition coefficient (Wildman–Crippen LogP) is 0.397. The molecule has 0 fully saturated rings. The van der Waals surface area contributed by atoms with Gasteiger partial charge in [-0.2, -0.15) is 8.42 Å². The first-order valence-electron chi connectivity index (χ1n) is 5.65. The van der Waals surface area contributed by atoms with Gasteiger partial charge in [0.15, 0.2) is 0 Å². The molecule has 2 aromatic rings. The summed E-state index contributed by atoms with van der Waals surface area (Å²) in [6.07, 6.45) is 0.0766. The van der Waals surface area contributed by atoms with Gasteiger partial charge < -0.3 is 10.4 Å². The number of hydrogen-bond donors (Lipinski definition) is 3. The summed E-state index contributed by atoms with van der Waals surface area (Å²) in [6.45, 7) is -0.243. The molecule has 20 heavy (non-hydrogen) atoms. The van der Waals surface area contributed by atoms with Crippen LogP contribution in [0.4, 0.5) is 11.4 Å². The van der Waals surface area contributed by atoms with Crippen molar-refractivity contribution in [2.45, 2.75) is 11.4 Å². The van der Waals surface area contributed by atoms with E-state index in [1.165, 1.54) is 0 Å². The maximum Gasteiger partial charge on any atom is 0.316 e. The van der Waals surface area contributed by atoms with Gasteiger partial charge in [0.25, 0.3) is 0 Å². The Hall–Kier alpha value is -2.10. The Morgan fingerprint density at radius 2 is 1.85 bits per heavy atom. The van der Waals surface area contributed by atoms with Crippen molar-refractivity contribution in [2.75, 3.05) is 11.9 Å². The van der Waals surface area contributed by atoms with E-state index in [-0.39, 0.29) is 24.4 Å². The second-order valence-electron chi connectivity index (χ2n) is 3.86. The van der Waals surface area contributed by atoms with Crippen LogP contribution in [0.5, 0.6) is 0 Å². The van der Waals surface area contributed by atoms with Crippen molar-refractivity contribution in [1.29, 1.82) is 0 Å². The van der Waals surface area contributed by atoms with Crippen molar-refractivity contribution < 1.29 is 18.1 Å². The van der Waals surface area contributed by atoms with Gasteiger partial charge in [-0.05, 0) is 17.3 Å². The van der Waals surface area contributed by atoms with Gasteiger partial charge in [-0.15, -0.1) is 10.2 Å². The van der Waals surface area contributed by atoms with Crippen molar-refractivity contribution in [1.82, 2.24) is 15.4 Å². The average Bonchev–Trinajstić information content (AvgIpc) is 2.41. The smallest absolute Gasteiger partial charge is 0.316 e. The van der Waals surface area contributed by atoms with Crippen LogP contribution >= 0.6 is 0 Å². The third kappa shape index (κ3) is 3.26. The number of benzene rings is 1. The number of para-hydroxylation sites is 1. The summed E-state index contributed by atoms with van der Waals surface area (Å²) in [5.41, 5.74) is 0.785. The summed E-state index contributed by atoms with van der Waals surface area (Å²) >= 11 is 0. The molecule has 0 unspecified atom stereocenters. The fourth-order valence-corrected chi connectivity index (χ4v) is 2.16. The minimum absolute atomic E-state index is 0.00255. The summed E-state index contributed by atoms with van der Waals surface area (Å²) < 4.78 is 31.8. The second kappa shape index (κ2) is 5.90. The van der Waals surface area contributed by atoms with E-state index < -0.39 is 15.1 Å². The van der Waals surface area contributed by atoms with Crippen LogP contribution in [0.1, 0.15) is 5.69 Å². The number of aliphatic hydroxyl groups excluding tert-OH is 1. The first kappa shape index (κ1) is 14.3. The summed E-state index contributed by atoms with van der Waals surface area (Å²) in [4.78, 5) is 0. The minimum atomic E-state index is -4.55. The fourth-order valence-electron chi connectivity index (χ4n) is 1.59. The first-order chi connectivity index (χ1) is 9.52. The lowest BCUT2D eigenvalue weighted by Crippen LogP contribution is -2.13. The molecule has 0 aliphatic heterocycles. The van der Waals surface area contributed by atoms with E-state index in [9.17, 15) is 13.0 Å². The highest BCUT2D eigenvalue weighted by atomic mass is 32.2. The SMILES string of the molecule is O=S(=O)(O)c1nnnc(CCO)c1Nc1ccccc1. The first-order valence-corrected chi connectivity index (χ1v) is 7.09. The Morgan fingerprint density at radius 1 is 1.15 bits per heavy atom. The van der Waals surface area contributed by atoms with E-state index >= 15 is 0 Å². The maximum atomic E-state index is 11.3. The van der Waals surface area contributed by atoms with Crippen LogP contribution in [-0.2, 0) is 16.5 Å². The number of nitrogens with one attached hydrogen (secondary N) is 1. The van der Waals surface area contributed by atoms with Gasteiger partial charge in [0.05, 0.1) is 5.69 Å². The highest BCUT2D eigenvalue weighted by molar-refractivity contribution is 7.85. The average molecular weight is 296 g/mol. The van der Waals surface area contributed by atoms with E-state index in [2.05, 4.69) is 20.7 Å². The standard InChI is InChI=1S/C11H12N4O4S/c16-7-6-9-10(12-8-4-2-1-3-5-8)11(14-15-13-9)20(17,18)19/h1-5,16H,6-7H2,(H,12,15)(H,17,18,19). The molecule has 0 aliphatic rings. The van der Waals surface area contributed by atoms with Gasteiger partial charge in [0.1, 0.15) is 5.69 Å². The second-order valence-corrected chi connectivity index (χ2v) is 5.19. The van der Waals surface area contributed by atoms with E-state index in [0.29, 0.717) is 5.69 Å². The zero-order valence-corrected chi connectivity index (χ0v) is 11.1. The van der Waals surface area contributed by atoms with Gasteiger partial charge >= 0.3 is 10.1 Å². The number of anilines is 2. The topological polar surface area (TPSA) is 125 Å². The Morgan fingerprint density at radius 3 is 2.45 bits per heavy atom. The molecule has 9 heteroatoms. The van der Waals surface area contributed by atoms with Crippen LogP contribution in [0.2, 0.25) is 0 Å². The van der Waals surface area contributed by atoms with Crippen LogP contribution < -0.4 is 5.32 Å². The summed E-state index contributed by atoms with van der Waals surface area (Å²) in [6, 6.07) is 8.72. The summed E-state index contributed by atoms with van der Waals surface area (Å²) in [5.74, 6) is 0. The fraction of sp³-hybridized carbons (Fsp3) is 0.182. The third-order valence-electron chi connectivity index (χ3n) is 2.44. The zero-order chi connectivity index (χ0) is 14.6. The van der Waals surface area contributed by atoms with E-state index in [4.69, 9.17) is 5.11 Å². The number of rotatable bonds is 5. The highest BCUT2D eigenvalue weighted by Gasteiger charge is 2.22. The highest BCUT2D eigenvalue weighted by Crippen LogP contribution is 2.25. The summed E-state index contributed by atoms with van der Waals surface area (Å²) in [7, 11) is -4.55. The van der Waals surface area contributed by atoms with Crippen molar-refractivity contribution in [2.24, 2.45) is 0 Å². The molecule has 0 aliphatic carbocycles. The van der Waals surface area contributed by atoms with Crippen LogP contribution in [0.25, 0.3) is 0 Å². The molecule has 0 radical (unpaired) electrons. The molecule has 1 aromatic carbocycles. The van der Waals surface area contributed by atoms with Crippen LogP contribution in [0, 0.1) is 0 Å². The molecule has 0 spiro atoms. The lowest BCUT2D eigenvalue weighted by molar-refractivity contribution is 0.297. The van der Waals surface area contributed by atoms with E-state index in [0.717, 1.165) is 0 Å². The molecule has 0 bridgehead atoms. The Kier molecular flexibility index (Phi) is 4.23. The number of nitrogens with zero attached hydrogens (tertiary/aromatic N) is 3. The molecule has 0 saturated heterocycles. The van der Waals surface area contributed by atoms with Gasteiger partial charge in [0, 0.05) is 18.7 Å². The largest absolute Gasteiger partial charge is 0.396 e. The molecular weight excluding hydrogens is 284 g/mol. The van der Waals surface area contributed by atoms with Gasteiger partial charge in [-0.3, -0.25) is 4.55 Å². The molecule has 1 aromatic heterocycles. The Balaban J connectivity index is 2.52. The van der Waals surface area contributed by atoms with Crippen molar-refractivity contribution in [3.8, 4) is 0 Å². The quantitative estimate of drug-likeness (QED) is 0.677. The molecule has 0 saturated carbocycles. The molecule has 2 rings (SSSR count). The molecule has 0 amide bonds. The number of aromatic nitrogens is 3. The van der Waals surface area contributed by atoms with E-state index in [1.54, 1.807) is 30.3 Å². The minimum Gasteiger partial charge on any atom is -0.396 e. The van der Waals surface area contributed by atoms with Gasteiger partial charge in [0.2, 0.25) is 5.03 Å². The molecule has 106 valence electrons. The third-order valence-corrected chi connectivity index (χ3v) is 3.21. The molecule has 8 nitrogen and oxygen atoms in total. The van der Waals surface area contributed by atoms with Gasteiger partial charge in [-0.1, -0.05) is 18.2 Å². The lowest BCUT2D eigenvalue weighted by atomic mass is 10.2. The lowest BCUT2D eigenvalue weighted by Gasteiger charge is -2.11. The van der Waals surface area contributed by atoms with Crippen LogP contribution in [0.3, 0.4) is 0 Å². The normalized spacial score (nSPS) is 11.3. The number of aliphatic hydroxyl groups is 1. The Bertz CT molecular complexity index is 691. The molecular formula is C11H12N4O4S. The van der Waals surface area contributed by atoms with Crippen LogP contribution in [0.15, 0.2) is 35.4 Å². The maximum absolute atomic E-state index is 11.3. The predicted molar refractivity (Wildman–Crippen MR) is 70.2 cm³/mol. The molecule has 3 N–H and O–H groups in total. The van der Waals surface area contributed by atoms with Crippen molar-refractivity contribution >= 4 is 21.5 Å². The molecule has 1 heterocycles. The Labute approximate surface area is 115 Å². The van der Waals surface area contributed by atoms with Gasteiger partial charge in [-0.25, -0.2) is 0 Å². The summed E-state index contributed by atoms with van der Waals surface area (Å²) in [5, 5.41) is 21.5. The van der Waals surface area contributed by atoms with E-state index in [1.807, 2.05) is 0 Å². The van der Waals surface area contributed by atoms with Crippen LogP contribution in [-0.4, -0.2) is 40.1 Å².